The summed E-state index contributed by atoms with van der Waals surface area (Å²) in [5, 5.41) is 7.39. The number of benzene rings is 2. The minimum Gasteiger partial charge on any atom is -0.356 e. The molecule has 2 aromatic carbocycles. The number of thiocarbonyl (C=S) groups is 1. The zero-order valence-electron chi connectivity index (χ0n) is 14.6. The molecule has 7 heteroatoms. The summed E-state index contributed by atoms with van der Waals surface area (Å²) in [5.41, 5.74) is 3.82. The molecule has 0 unspecified atom stereocenters. The minimum atomic E-state index is -3.20. The molecule has 0 aliphatic carbocycles. The molecule has 2 N–H and O–H groups in total. The maximum Gasteiger partial charge on any atom is 0.175 e. The van der Waals surface area contributed by atoms with Gasteiger partial charge >= 0.3 is 0 Å². The first kappa shape index (κ1) is 19.7. The summed E-state index contributed by atoms with van der Waals surface area (Å²) in [5.74, 6) is 0. The van der Waals surface area contributed by atoms with Gasteiger partial charge in [-0.1, -0.05) is 29.8 Å². The summed E-state index contributed by atoms with van der Waals surface area (Å²) < 4.78 is 23.0. The van der Waals surface area contributed by atoms with E-state index in [1.807, 2.05) is 32.9 Å². The van der Waals surface area contributed by atoms with E-state index in [4.69, 9.17) is 23.8 Å². The Bertz CT molecular complexity index is 871. The molecule has 0 saturated heterocycles. The van der Waals surface area contributed by atoms with Gasteiger partial charge in [-0.05, 0) is 67.9 Å². The molecule has 2 rings (SSSR count). The largest absolute Gasteiger partial charge is 0.356 e. The number of nitrogens with one attached hydrogen (secondary N) is 2. The number of rotatable bonds is 4. The molecular formula is C18H21ClN2O2S2. The van der Waals surface area contributed by atoms with Gasteiger partial charge in [0.2, 0.25) is 0 Å². The molecule has 0 radical (unpaired) electrons. The molecule has 0 aliphatic heterocycles. The van der Waals surface area contributed by atoms with E-state index in [2.05, 4.69) is 10.6 Å². The van der Waals surface area contributed by atoms with Crippen LogP contribution in [0, 0.1) is 13.8 Å². The predicted molar refractivity (Wildman–Crippen MR) is 108 cm³/mol. The van der Waals surface area contributed by atoms with Crippen molar-refractivity contribution in [3.63, 3.8) is 0 Å². The third-order valence-electron chi connectivity index (χ3n) is 3.83. The molecule has 0 spiro atoms. The molecular weight excluding hydrogens is 376 g/mol. The van der Waals surface area contributed by atoms with Crippen LogP contribution in [-0.2, 0) is 9.84 Å². The van der Waals surface area contributed by atoms with E-state index in [1.165, 1.54) is 6.26 Å². The Morgan fingerprint density at radius 2 is 1.76 bits per heavy atom. The van der Waals surface area contributed by atoms with Gasteiger partial charge in [-0.25, -0.2) is 8.42 Å². The quantitative estimate of drug-likeness (QED) is 0.749. The summed E-state index contributed by atoms with van der Waals surface area (Å²) in [7, 11) is -3.20. The number of hydrogen-bond donors (Lipinski definition) is 2. The van der Waals surface area contributed by atoms with E-state index in [-0.39, 0.29) is 6.04 Å². The number of aryl methyl sites for hydroxylation is 2. The average molecular weight is 397 g/mol. The highest BCUT2D eigenvalue weighted by atomic mass is 35.5. The smallest absolute Gasteiger partial charge is 0.175 e. The van der Waals surface area contributed by atoms with Crippen LogP contribution in [0.3, 0.4) is 0 Å². The SMILES string of the molecule is Cc1cc(C)c(NC(=S)N[C@@H](C)c2ccc(S(C)(=O)=O)cc2)c(Cl)c1. The normalized spacial score (nSPS) is 12.5. The molecule has 0 bridgehead atoms. The molecule has 2 aromatic rings. The highest BCUT2D eigenvalue weighted by Gasteiger charge is 2.12. The fourth-order valence-electron chi connectivity index (χ4n) is 2.51. The van der Waals surface area contributed by atoms with Gasteiger partial charge in [0.25, 0.3) is 0 Å². The molecule has 0 fully saturated rings. The summed E-state index contributed by atoms with van der Waals surface area (Å²) in [6.45, 7) is 5.91. The molecule has 134 valence electrons. The van der Waals surface area contributed by atoms with Crippen LogP contribution in [0.2, 0.25) is 5.02 Å². The Hall–Kier alpha value is -1.63. The van der Waals surface area contributed by atoms with E-state index in [0.29, 0.717) is 15.0 Å². The molecule has 0 amide bonds. The summed E-state index contributed by atoms with van der Waals surface area (Å²) >= 11 is 11.7. The Kier molecular flexibility index (Phi) is 6.08. The maximum absolute atomic E-state index is 11.5. The van der Waals surface area contributed by atoms with Crippen LogP contribution in [0.25, 0.3) is 0 Å². The first-order valence-corrected chi connectivity index (χ1v) is 10.4. The van der Waals surface area contributed by atoms with Gasteiger partial charge in [0.1, 0.15) is 0 Å². The summed E-state index contributed by atoms with van der Waals surface area (Å²) in [4.78, 5) is 0.297. The van der Waals surface area contributed by atoms with Gasteiger partial charge in [0, 0.05) is 6.26 Å². The predicted octanol–water partition coefficient (Wildman–Crippen LogP) is 4.41. The fraction of sp³-hybridized carbons (Fsp3) is 0.278. The van der Waals surface area contributed by atoms with Crippen molar-refractivity contribution in [2.75, 3.05) is 11.6 Å². The van der Waals surface area contributed by atoms with Gasteiger partial charge in [0.15, 0.2) is 14.9 Å². The molecule has 0 aliphatic rings. The molecule has 1 atom stereocenters. The Morgan fingerprint density at radius 3 is 2.28 bits per heavy atom. The van der Waals surface area contributed by atoms with Crippen molar-refractivity contribution < 1.29 is 8.42 Å². The van der Waals surface area contributed by atoms with Gasteiger partial charge in [0.05, 0.1) is 21.6 Å². The highest BCUT2D eigenvalue weighted by molar-refractivity contribution is 7.90. The van der Waals surface area contributed by atoms with E-state index in [9.17, 15) is 8.42 Å². The van der Waals surface area contributed by atoms with E-state index in [1.54, 1.807) is 24.3 Å². The lowest BCUT2D eigenvalue weighted by Crippen LogP contribution is -2.31. The van der Waals surface area contributed by atoms with Gasteiger partial charge in [-0.2, -0.15) is 0 Å². The fourth-order valence-corrected chi connectivity index (χ4v) is 3.79. The number of anilines is 1. The Labute approximate surface area is 159 Å². The molecule has 25 heavy (non-hydrogen) atoms. The lowest BCUT2D eigenvalue weighted by atomic mass is 10.1. The van der Waals surface area contributed by atoms with Crippen molar-refractivity contribution in [3.8, 4) is 0 Å². The highest BCUT2D eigenvalue weighted by Crippen LogP contribution is 2.27. The summed E-state index contributed by atoms with van der Waals surface area (Å²) in [6, 6.07) is 10.6. The van der Waals surface area contributed by atoms with Gasteiger partial charge < -0.3 is 10.6 Å². The van der Waals surface area contributed by atoms with Crippen molar-refractivity contribution in [2.45, 2.75) is 31.7 Å². The topological polar surface area (TPSA) is 58.2 Å². The molecule has 4 nitrogen and oxygen atoms in total. The Morgan fingerprint density at radius 1 is 1.16 bits per heavy atom. The van der Waals surface area contributed by atoms with Crippen molar-refractivity contribution in [2.24, 2.45) is 0 Å². The van der Waals surface area contributed by atoms with E-state index in [0.717, 1.165) is 22.4 Å². The number of sulfone groups is 1. The van der Waals surface area contributed by atoms with Crippen molar-refractivity contribution >= 4 is 44.5 Å². The van der Waals surface area contributed by atoms with Crippen LogP contribution in [-0.4, -0.2) is 19.8 Å². The number of hydrogen-bond acceptors (Lipinski definition) is 3. The zero-order valence-corrected chi connectivity index (χ0v) is 16.9. The van der Waals surface area contributed by atoms with Crippen molar-refractivity contribution in [3.05, 3.63) is 58.1 Å². The third kappa shape index (κ3) is 5.17. The van der Waals surface area contributed by atoms with Crippen LogP contribution in [0.1, 0.15) is 29.7 Å². The van der Waals surface area contributed by atoms with Crippen molar-refractivity contribution in [1.82, 2.24) is 5.32 Å². The Balaban J connectivity index is 2.08. The second-order valence-corrected chi connectivity index (χ2v) is 8.93. The molecule has 0 aromatic heterocycles. The van der Waals surface area contributed by atoms with Crippen LogP contribution in [0.4, 0.5) is 5.69 Å². The lowest BCUT2D eigenvalue weighted by molar-refractivity contribution is 0.601. The second-order valence-electron chi connectivity index (χ2n) is 6.10. The van der Waals surface area contributed by atoms with Crippen LogP contribution < -0.4 is 10.6 Å². The van der Waals surface area contributed by atoms with E-state index < -0.39 is 9.84 Å². The average Bonchev–Trinajstić information content (AvgIpc) is 2.50. The van der Waals surface area contributed by atoms with Crippen molar-refractivity contribution in [1.29, 1.82) is 0 Å². The van der Waals surface area contributed by atoms with Crippen LogP contribution in [0.5, 0.6) is 0 Å². The van der Waals surface area contributed by atoms with E-state index >= 15 is 0 Å². The van der Waals surface area contributed by atoms with Gasteiger partial charge in [-0.15, -0.1) is 0 Å². The maximum atomic E-state index is 11.5. The second kappa shape index (κ2) is 7.72. The standard InChI is InChI=1S/C18H21ClN2O2S2/c1-11-9-12(2)17(16(19)10-11)21-18(24)20-13(3)14-5-7-15(8-6-14)25(4,22)23/h5-10,13H,1-4H3,(H2,20,21,24)/t13-/m0/s1. The van der Waals surface area contributed by atoms with Crippen LogP contribution in [0.15, 0.2) is 41.3 Å². The molecule has 0 saturated carbocycles. The first-order chi connectivity index (χ1) is 11.6. The lowest BCUT2D eigenvalue weighted by Gasteiger charge is -2.19. The first-order valence-electron chi connectivity index (χ1n) is 7.72. The molecule has 0 heterocycles. The monoisotopic (exact) mass is 396 g/mol. The third-order valence-corrected chi connectivity index (χ3v) is 5.47. The van der Waals surface area contributed by atoms with Crippen LogP contribution >= 0.6 is 23.8 Å². The minimum absolute atomic E-state index is 0.0851. The summed E-state index contributed by atoms with van der Waals surface area (Å²) in [6.07, 6.45) is 1.19. The van der Waals surface area contributed by atoms with Gasteiger partial charge in [-0.3, -0.25) is 0 Å². The number of halogens is 1. The zero-order chi connectivity index (χ0) is 18.8.